The molecule has 1 saturated carbocycles. The third-order valence-corrected chi connectivity index (χ3v) is 5.64. The van der Waals surface area contributed by atoms with Crippen LogP contribution in [-0.2, 0) is 6.54 Å². The van der Waals surface area contributed by atoms with Gasteiger partial charge >= 0.3 is 0 Å². The number of hydrogen-bond acceptors (Lipinski definition) is 3. The molecule has 0 N–H and O–H groups in total. The average Bonchev–Trinajstić information content (AvgIpc) is 3.36. The van der Waals surface area contributed by atoms with Crippen molar-refractivity contribution in [2.24, 2.45) is 5.92 Å². The van der Waals surface area contributed by atoms with Gasteiger partial charge in [0.1, 0.15) is 11.6 Å². The number of pyridine rings is 1. The van der Waals surface area contributed by atoms with Crippen LogP contribution in [0.4, 0.5) is 5.82 Å². The molecule has 0 spiro atoms. The van der Waals surface area contributed by atoms with Crippen LogP contribution < -0.4 is 4.90 Å². The Morgan fingerprint density at radius 2 is 1.92 bits per heavy atom. The minimum atomic E-state index is 0.503. The van der Waals surface area contributed by atoms with Crippen molar-refractivity contribution in [2.45, 2.75) is 38.1 Å². The van der Waals surface area contributed by atoms with Gasteiger partial charge in [-0.1, -0.05) is 24.3 Å². The molecular formula is C21H24N4. The predicted molar refractivity (Wildman–Crippen MR) is 101 cm³/mol. The third kappa shape index (κ3) is 2.90. The number of anilines is 1. The minimum Gasteiger partial charge on any atom is -0.355 e. The number of rotatable bonds is 4. The molecule has 0 unspecified atom stereocenters. The molecular weight excluding hydrogens is 308 g/mol. The number of benzene rings is 1. The quantitative estimate of drug-likeness (QED) is 0.717. The largest absolute Gasteiger partial charge is 0.355 e. The van der Waals surface area contributed by atoms with E-state index in [1.807, 2.05) is 12.4 Å². The van der Waals surface area contributed by atoms with E-state index in [0.717, 1.165) is 31.4 Å². The van der Waals surface area contributed by atoms with Crippen molar-refractivity contribution in [3.05, 3.63) is 54.7 Å². The highest BCUT2D eigenvalue weighted by atomic mass is 15.2. The minimum absolute atomic E-state index is 0.503. The normalized spacial score (nSPS) is 21.0. The van der Waals surface area contributed by atoms with Crippen molar-refractivity contribution >= 4 is 16.6 Å². The molecule has 3 heterocycles. The van der Waals surface area contributed by atoms with Crippen LogP contribution in [0.1, 0.15) is 37.4 Å². The summed E-state index contributed by atoms with van der Waals surface area (Å²) in [6.45, 7) is 3.25. The topological polar surface area (TPSA) is 34.0 Å². The highest BCUT2D eigenvalue weighted by molar-refractivity contribution is 5.92. The molecule has 0 radical (unpaired) electrons. The summed E-state index contributed by atoms with van der Waals surface area (Å²) in [4.78, 5) is 11.9. The van der Waals surface area contributed by atoms with E-state index in [-0.39, 0.29) is 0 Å². The molecule has 1 atom stereocenters. The van der Waals surface area contributed by atoms with Crippen molar-refractivity contribution in [1.29, 1.82) is 0 Å². The van der Waals surface area contributed by atoms with Gasteiger partial charge in [-0.05, 0) is 43.1 Å². The van der Waals surface area contributed by atoms with Gasteiger partial charge in [-0.2, -0.15) is 0 Å². The lowest BCUT2D eigenvalue weighted by Gasteiger charge is -2.34. The van der Waals surface area contributed by atoms with Crippen molar-refractivity contribution < 1.29 is 0 Å². The second-order valence-corrected chi connectivity index (χ2v) is 7.52. The molecule has 2 aromatic heterocycles. The first-order valence-corrected chi connectivity index (χ1v) is 9.48. The van der Waals surface area contributed by atoms with E-state index in [1.54, 1.807) is 0 Å². The van der Waals surface area contributed by atoms with E-state index in [4.69, 9.17) is 9.97 Å². The summed E-state index contributed by atoms with van der Waals surface area (Å²) in [6, 6.07) is 10.7. The Morgan fingerprint density at radius 1 is 1.00 bits per heavy atom. The molecule has 1 saturated heterocycles. The molecule has 3 aromatic rings. The number of piperidine rings is 1. The number of fused-ring (bicyclic) bond motifs is 1. The van der Waals surface area contributed by atoms with E-state index in [1.165, 1.54) is 42.3 Å². The first-order valence-electron chi connectivity index (χ1n) is 9.48. The Hall–Kier alpha value is -2.36. The van der Waals surface area contributed by atoms with Gasteiger partial charge in [-0.3, -0.25) is 0 Å². The van der Waals surface area contributed by atoms with Crippen LogP contribution in [0, 0.1) is 5.92 Å². The maximum absolute atomic E-state index is 4.73. The van der Waals surface area contributed by atoms with Crippen LogP contribution >= 0.6 is 0 Å². The average molecular weight is 332 g/mol. The lowest BCUT2D eigenvalue weighted by molar-refractivity contribution is 0.462. The van der Waals surface area contributed by atoms with Crippen LogP contribution in [0.25, 0.3) is 10.8 Å². The zero-order valence-corrected chi connectivity index (χ0v) is 14.5. The van der Waals surface area contributed by atoms with Crippen molar-refractivity contribution in [2.75, 3.05) is 18.0 Å². The Bertz CT molecular complexity index is 875. The lowest BCUT2D eigenvalue weighted by atomic mass is 9.96. The van der Waals surface area contributed by atoms with Gasteiger partial charge < -0.3 is 9.47 Å². The smallest absolute Gasteiger partial charge is 0.136 e. The molecule has 25 heavy (non-hydrogen) atoms. The van der Waals surface area contributed by atoms with Gasteiger partial charge in [0.25, 0.3) is 0 Å². The van der Waals surface area contributed by atoms with Gasteiger partial charge in [-0.15, -0.1) is 0 Å². The third-order valence-electron chi connectivity index (χ3n) is 5.64. The van der Waals surface area contributed by atoms with Gasteiger partial charge in [-0.25, -0.2) is 9.97 Å². The summed E-state index contributed by atoms with van der Waals surface area (Å²) in [5, 5.41) is 2.52. The van der Waals surface area contributed by atoms with Gasteiger partial charge in [0.15, 0.2) is 0 Å². The molecule has 128 valence electrons. The van der Waals surface area contributed by atoms with Crippen LogP contribution in [0.5, 0.6) is 0 Å². The predicted octanol–water partition coefficient (Wildman–Crippen LogP) is 4.23. The van der Waals surface area contributed by atoms with Gasteiger partial charge in [0.05, 0.1) is 0 Å². The number of imidazole rings is 1. The Morgan fingerprint density at radius 3 is 2.84 bits per heavy atom. The van der Waals surface area contributed by atoms with Crippen LogP contribution in [-0.4, -0.2) is 27.6 Å². The Balaban J connectivity index is 1.43. The Kier molecular flexibility index (Phi) is 3.69. The highest BCUT2D eigenvalue weighted by Gasteiger charge is 2.28. The summed E-state index contributed by atoms with van der Waals surface area (Å²) in [5.41, 5.74) is 0. The molecule has 2 fully saturated rings. The van der Waals surface area contributed by atoms with Gasteiger partial charge in [0.2, 0.25) is 0 Å². The van der Waals surface area contributed by atoms with Crippen molar-refractivity contribution in [3.63, 3.8) is 0 Å². The summed E-state index contributed by atoms with van der Waals surface area (Å²) < 4.78 is 2.41. The van der Waals surface area contributed by atoms with E-state index in [0.29, 0.717) is 5.92 Å². The van der Waals surface area contributed by atoms with E-state index < -0.39 is 0 Å². The molecule has 5 rings (SSSR count). The van der Waals surface area contributed by atoms with E-state index in [9.17, 15) is 0 Å². The van der Waals surface area contributed by atoms with Crippen molar-refractivity contribution in [1.82, 2.24) is 14.5 Å². The Labute approximate surface area is 148 Å². The summed E-state index contributed by atoms with van der Waals surface area (Å²) in [5.74, 6) is 3.79. The monoisotopic (exact) mass is 332 g/mol. The second kappa shape index (κ2) is 6.17. The highest BCUT2D eigenvalue weighted by Crippen LogP contribution is 2.34. The number of hydrogen-bond donors (Lipinski definition) is 0. The van der Waals surface area contributed by atoms with Crippen LogP contribution in [0.2, 0.25) is 0 Å². The fraction of sp³-hybridized carbons (Fsp3) is 0.429. The second-order valence-electron chi connectivity index (χ2n) is 7.52. The van der Waals surface area contributed by atoms with E-state index >= 15 is 0 Å². The number of aromatic nitrogens is 3. The zero-order valence-electron chi connectivity index (χ0n) is 14.5. The maximum atomic E-state index is 4.73. The number of nitrogens with zero attached hydrogens (tertiary/aromatic N) is 4. The molecule has 0 amide bonds. The summed E-state index contributed by atoms with van der Waals surface area (Å²) in [7, 11) is 0. The molecule has 4 heteroatoms. The zero-order chi connectivity index (χ0) is 16.6. The summed E-state index contributed by atoms with van der Waals surface area (Å²) in [6.07, 6.45) is 11.3. The van der Waals surface area contributed by atoms with Crippen molar-refractivity contribution in [3.8, 4) is 0 Å². The SMILES string of the molecule is c1ccc2c(N3CCC[C@@H](c4nccn4CC4CC4)C3)nccc2c1. The molecule has 1 aliphatic heterocycles. The molecule has 2 aliphatic rings. The molecule has 1 aliphatic carbocycles. The van der Waals surface area contributed by atoms with E-state index in [2.05, 4.69) is 46.0 Å². The first-order chi connectivity index (χ1) is 12.4. The van der Waals surface area contributed by atoms with Crippen LogP contribution in [0.15, 0.2) is 48.9 Å². The standard InChI is InChI=1S/C21H24N4/c1-2-6-19-17(4-1)9-10-22-21(19)24-12-3-5-18(15-24)20-23-11-13-25(20)14-16-7-8-16/h1-2,4,6,9-11,13,16,18H,3,5,7-8,12,14-15H2/t18-/m1/s1. The fourth-order valence-corrected chi connectivity index (χ4v) is 4.15. The lowest BCUT2D eigenvalue weighted by Crippen LogP contribution is -2.36. The van der Waals surface area contributed by atoms with Gasteiger partial charge in [0, 0.05) is 49.5 Å². The fourth-order valence-electron chi connectivity index (χ4n) is 4.15. The molecule has 1 aromatic carbocycles. The maximum Gasteiger partial charge on any atom is 0.136 e. The first kappa shape index (κ1) is 14.9. The van der Waals surface area contributed by atoms with Crippen LogP contribution in [0.3, 0.4) is 0 Å². The molecule has 0 bridgehead atoms. The summed E-state index contributed by atoms with van der Waals surface area (Å²) >= 11 is 0. The molecule has 4 nitrogen and oxygen atoms in total.